The van der Waals surface area contributed by atoms with Crippen LogP contribution in [0.2, 0.25) is 0 Å². The van der Waals surface area contributed by atoms with Crippen LogP contribution in [0.1, 0.15) is 33.6 Å². The number of hydrogen-bond acceptors (Lipinski definition) is 4. The Bertz CT molecular complexity index is 668. The normalized spacial score (nSPS) is 16.5. The minimum Gasteiger partial charge on any atom is -0.444 e. The summed E-state index contributed by atoms with van der Waals surface area (Å²) in [5, 5.41) is 3.30. The van der Waals surface area contributed by atoms with Crippen LogP contribution < -0.4 is 11.1 Å². The van der Waals surface area contributed by atoms with Crippen LogP contribution in [-0.4, -0.2) is 47.4 Å². The van der Waals surface area contributed by atoms with Gasteiger partial charge in [-0.2, -0.15) is 0 Å². The van der Waals surface area contributed by atoms with Crippen LogP contribution in [0.3, 0.4) is 0 Å². The van der Waals surface area contributed by atoms with E-state index in [0.29, 0.717) is 18.8 Å². The van der Waals surface area contributed by atoms with Crippen molar-refractivity contribution in [2.75, 3.05) is 24.3 Å². The third kappa shape index (κ3) is 5.76. The Morgan fingerprint density at radius 3 is 2.65 bits per heavy atom. The molecule has 8 heteroatoms. The monoisotopic (exact) mass is 384 g/mol. The van der Waals surface area contributed by atoms with Crippen molar-refractivity contribution in [1.29, 1.82) is 0 Å². The minimum atomic E-state index is -0.511. The zero-order chi connectivity index (χ0) is 19.3. The van der Waals surface area contributed by atoms with E-state index in [9.17, 15) is 9.18 Å². The Hall–Kier alpha value is -2.02. The lowest BCUT2D eigenvalue weighted by Gasteiger charge is -2.34. The summed E-state index contributed by atoms with van der Waals surface area (Å²) in [5.74, 6) is -0.281. The SMILES string of the molecule is CC(C)(C)OC(=O)N1CCC(Nc2cccc(F)c2N=C(N)CCl)CC1. The van der Waals surface area contributed by atoms with Crippen molar-refractivity contribution >= 4 is 34.9 Å². The molecule has 1 aromatic rings. The van der Waals surface area contributed by atoms with E-state index in [1.807, 2.05) is 20.8 Å². The molecule has 0 aliphatic carbocycles. The van der Waals surface area contributed by atoms with Crippen LogP contribution >= 0.6 is 11.6 Å². The molecule has 1 fully saturated rings. The Morgan fingerprint density at radius 2 is 2.08 bits per heavy atom. The van der Waals surface area contributed by atoms with Crippen LogP contribution in [0, 0.1) is 5.82 Å². The predicted molar refractivity (Wildman–Crippen MR) is 103 cm³/mol. The zero-order valence-corrected chi connectivity index (χ0v) is 16.1. The largest absolute Gasteiger partial charge is 0.444 e. The molecule has 0 atom stereocenters. The van der Waals surface area contributed by atoms with Crippen molar-refractivity contribution in [3.8, 4) is 0 Å². The first-order valence-electron chi connectivity index (χ1n) is 8.61. The lowest BCUT2D eigenvalue weighted by Crippen LogP contribution is -2.44. The summed E-state index contributed by atoms with van der Waals surface area (Å²) in [7, 11) is 0. The number of likely N-dealkylation sites (tertiary alicyclic amines) is 1. The lowest BCUT2D eigenvalue weighted by molar-refractivity contribution is 0.0210. The summed E-state index contributed by atoms with van der Waals surface area (Å²) in [6.07, 6.45) is 1.15. The van der Waals surface area contributed by atoms with Gasteiger partial charge < -0.3 is 20.7 Å². The van der Waals surface area contributed by atoms with Crippen LogP contribution in [-0.2, 0) is 4.74 Å². The Labute approximate surface area is 158 Å². The summed E-state index contributed by atoms with van der Waals surface area (Å²) in [6, 6.07) is 4.80. The number of anilines is 1. The van der Waals surface area contributed by atoms with E-state index in [2.05, 4.69) is 10.3 Å². The number of halogens is 2. The second-order valence-corrected chi connectivity index (χ2v) is 7.53. The number of alkyl halides is 1. The van der Waals surface area contributed by atoms with Crippen LogP contribution in [0.5, 0.6) is 0 Å². The number of nitrogens with two attached hydrogens (primary N) is 1. The molecule has 2 rings (SSSR count). The highest BCUT2D eigenvalue weighted by Crippen LogP contribution is 2.30. The molecular formula is C18H26ClFN4O2. The van der Waals surface area contributed by atoms with E-state index < -0.39 is 11.4 Å². The van der Waals surface area contributed by atoms with Gasteiger partial charge in [-0.15, -0.1) is 11.6 Å². The van der Waals surface area contributed by atoms with Crippen molar-refractivity contribution < 1.29 is 13.9 Å². The molecular weight excluding hydrogens is 359 g/mol. The maximum atomic E-state index is 14.1. The second kappa shape index (κ2) is 8.58. The van der Waals surface area contributed by atoms with Gasteiger partial charge in [0.1, 0.15) is 17.1 Å². The lowest BCUT2D eigenvalue weighted by atomic mass is 10.0. The number of nitrogens with zero attached hydrogens (tertiary/aromatic N) is 2. The molecule has 26 heavy (non-hydrogen) atoms. The summed E-state index contributed by atoms with van der Waals surface area (Å²) < 4.78 is 19.5. The van der Waals surface area contributed by atoms with Crippen molar-refractivity contribution in [2.24, 2.45) is 10.7 Å². The number of hydrogen-bond donors (Lipinski definition) is 2. The molecule has 1 amide bonds. The smallest absolute Gasteiger partial charge is 0.410 e. The maximum absolute atomic E-state index is 14.1. The molecule has 0 bridgehead atoms. The highest BCUT2D eigenvalue weighted by atomic mass is 35.5. The average Bonchev–Trinajstić information content (AvgIpc) is 2.57. The van der Waals surface area contributed by atoms with Gasteiger partial charge in [-0.25, -0.2) is 14.2 Å². The minimum absolute atomic E-state index is 0.0298. The highest BCUT2D eigenvalue weighted by Gasteiger charge is 2.27. The third-order valence-electron chi connectivity index (χ3n) is 3.89. The first kappa shape index (κ1) is 20.3. The van der Waals surface area contributed by atoms with Crippen molar-refractivity contribution in [1.82, 2.24) is 4.90 Å². The van der Waals surface area contributed by atoms with Crippen molar-refractivity contribution in [2.45, 2.75) is 45.3 Å². The molecule has 0 aromatic heterocycles. The van der Waals surface area contributed by atoms with Crippen LogP contribution in [0.15, 0.2) is 23.2 Å². The first-order chi connectivity index (χ1) is 12.2. The summed E-state index contributed by atoms with van der Waals surface area (Å²) >= 11 is 5.64. The number of para-hydroxylation sites is 1. The van der Waals surface area contributed by atoms with Crippen molar-refractivity contribution in [3.05, 3.63) is 24.0 Å². The fraction of sp³-hybridized carbons (Fsp3) is 0.556. The zero-order valence-electron chi connectivity index (χ0n) is 15.4. The number of carbonyl (C=O) groups is 1. The highest BCUT2D eigenvalue weighted by molar-refractivity contribution is 6.28. The van der Waals surface area contributed by atoms with Gasteiger partial charge in [-0.1, -0.05) is 6.07 Å². The van der Waals surface area contributed by atoms with Gasteiger partial charge in [-0.3, -0.25) is 0 Å². The number of nitrogens with one attached hydrogen (secondary N) is 1. The molecule has 1 aromatic carbocycles. The van der Waals surface area contributed by atoms with Gasteiger partial charge in [0.05, 0.1) is 11.6 Å². The molecule has 1 heterocycles. The van der Waals surface area contributed by atoms with E-state index in [0.717, 1.165) is 12.8 Å². The molecule has 0 saturated carbocycles. The number of rotatable bonds is 4. The fourth-order valence-corrected chi connectivity index (χ4v) is 2.73. The summed E-state index contributed by atoms with van der Waals surface area (Å²) in [6.45, 7) is 6.68. The molecule has 1 saturated heterocycles. The summed E-state index contributed by atoms with van der Waals surface area (Å²) in [5.41, 5.74) is 5.85. The number of carbonyl (C=O) groups excluding carboxylic acids is 1. The molecule has 6 nitrogen and oxygen atoms in total. The predicted octanol–water partition coefficient (Wildman–Crippen LogP) is 3.86. The van der Waals surface area contributed by atoms with E-state index in [-0.39, 0.29) is 29.5 Å². The quantitative estimate of drug-likeness (QED) is 0.469. The number of benzene rings is 1. The van der Waals surface area contributed by atoms with Crippen LogP contribution in [0.4, 0.5) is 20.6 Å². The Kier molecular flexibility index (Phi) is 6.69. The summed E-state index contributed by atoms with van der Waals surface area (Å²) in [4.78, 5) is 17.9. The van der Waals surface area contributed by atoms with E-state index >= 15 is 0 Å². The standard InChI is InChI=1S/C18H26ClFN4O2/c1-18(2,3)26-17(25)24-9-7-12(8-10-24)22-14-6-4-5-13(20)16(14)23-15(21)11-19/h4-6,12,22H,7-11H2,1-3H3,(H2,21,23). The molecule has 3 N–H and O–H groups in total. The molecule has 0 radical (unpaired) electrons. The molecule has 1 aliphatic heterocycles. The third-order valence-corrected chi connectivity index (χ3v) is 4.16. The Balaban J connectivity index is 2.00. The van der Waals surface area contributed by atoms with Gasteiger partial charge in [0.25, 0.3) is 0 Å². The number of aliphatic imine (C=N–C) groups is 1. The van der Waals surface area contributed by atoms with Crippen LogP contribution in [0.25, 0.3) is 0 Å². The van der Waals surface area contributed by atoms with Gasteiger partial charge in [0, 0.05) is 19.1 Å². The number of amides is 1. The number of ether oxygens (including phenoxy) is 1. The van der Waals surface area contributed by atoms with Gasteiger partial charge in [0.2, 0.25) is 0 Å². The number of amidine groups is 1. The molecule has 0 spiro atoms. The second-order valence-electron chi connectivity index (χ2n) is 7.26. The molecule has 144 valence electrons. The fourth-order valence-electron chi connectivity index (χ4n) is 2.67. The van der Waals surface area contributed by atoms with E-state index in [4.69, 9.17) is 22.1 Å². The Morgan fingerprint density at radius 1 is 1.42 bits per heavy atom. The number of piperidine rings is 1. The van der Waals surface area contributed by atoms with Gasteiger partial charge in [0.15, 0.2) is 5.82 Å². The van der Waals surface area contributed by atoms with E-state index in [1.54, 1.807) is 17.0 Å². The van der Waals surface area contributed by atoms with Crippen molar-refractivity contribution in [3.63, 3.8) is 0 Å². The van der Waals surface area contributed by atoms with E-state index in [1.165, 1.54) is 6.07 Å². The average molecular weight is 385 g/mol. The molecule has 0 unspecified atom stereocenters. The maximum Gasteiger partial charge on any atom is 0.410 e. The van der Waals surface area contributed by atoms with Gasteiger partial charge >= 0.3 is 6.09 Å². The molecule has 1 aliphatic rings. The van der Waals surface area contributed by atoms with Gasteiger partial charge in [-0.05, 0) is 45.7 Å². The topological polar surface area (TPSA) is 80.0 Å². The first-order valence-corrected chi connectivity index (χ1v) is 9.15.